The average molecular weight is 681 g/mol. The topological polar surface area (TPSA) is 154 Å². The van der Waals surface area contributed by atoms with Crippen LogP contribution in [-0.4, -0.2) is 86.7 Å². The van der Waals surface area contributed by atoms with E-state index < -0.39 is 98.1 Å². The maximum absolute atomic E-state index is 14.4. The van der Waals surface area contributed by atoms with Crippen LogP contribution in [0.3, 0.4) is 0 Å². The van der Waals surface area contributed by atoms with Crippen molar-refractivity contribution in [2.45, 2.75) is 79.7 Å². The lowest BCUT2D eigenvalue weighted by Crippen LogP contribution is -2.49. The molecule has 1 aliphatic heterocycles. The first-order chi connectivity index (χ1) is 21.3. The Morgan fingerprint density at radius 2 is 1.70 bits per heavy atom. The van der Waals surface area contributed by atoms with Crippen LogP contribution in [0.2, 0.25) is 0 Å². The van der Waals surface area contributed by atoms with Crippen LogP contribution in [0, 0.1) is 28.1 Å². The van der Waals surface area contributed by atoms with Crippen molar-refractivity contribution in [3.05, 3.63) is 23.8 Å². The number of carboxylic acid groups (broad SMARTS) is 1. The molecule has 0 spiro atoms. The van der Waals surface area contributed by atoms with Crippen LogP contribution >= 0.6 is 0 Å². The first-order valence-corrected chi connectivity index (χ1v) is 16.5. The highest BCUT2D eigenvalue weighted by Gasteiger charge is 2.75. The predicted octanol–water partition coefficient (Wildman–Crippen LogP) is 3.74. The molecule has 4 fully saturated rings. The lowest BCUT2D eigenvalue weighted by atomic mass is 9.75. The number of alkyl halides is 6. The number of ether oxygens (including phenoxy) is 1. The second kappa shape index (κ2) is 11.9. The summed E-state index contributed by atoms with van der Waals surface area (Å²) in [5.74, 6) is -3.79. The number of amides is 1. The van der Waals surface area contributed by atoms with Gasteiger partial charge in [0.1, 0.15) is 10.8 Å². The molecule has 3 aliphatic carbocycles. The number of rotatable bonds is 9. The van der Waals surface area contributed by atoms with Crippen LogP contribution < -0.4 is 10.6 Å². The van der Waals surface area contributed by atoms with Crippen molar-refractivity contribution < 1.29 is 54.2 Å². The number of primary amides is 1. The van der Waals surface area contributed by atoms with Crippen molar-refractivity contribution in [3.63, 3.8) is 0 Å². The summed E-state index contributed by atoms with van der Waals surface area (Å²) in [6.45, 7) is -1.35. The Bertz CT molecular complexity index is 1520. The Hall–Kier alpha value is -3.10. The number of carbonyl (C=O) groups is 2. The van der Waals surface area contributed by atoms with Crippen molar-refractivity contribution in [1.82, 2.24) is 4.90 Å². The number of halogens is 6. The monoisotopic (exact) mass is 680 g/mol. The molecule has 1 heterocycles. The second-order valence-electron chi connectivity index (χ2n) is 12.7. The fourth-order valence-electron chi connectivity index (χ4n) is 7.57. The minimum Gasteiger partial charge on any atom is -0.481 e. The molecule has 1 aromatic rings. The van der Waals surface area contributed by atoms with E-state index in [1.807, 2.05) is 0 Å². The molecule has 1 saturated heterocycles. The summed E-state index contributed by atoms with van der Waals surface area (Å²) in [6.07, 6.45) is -10.0. The van der Waals surface area contributed by atoms with E-state index in [9.17, 15) is 54.7 Å². The number of nitriles is 1. The quantitative estimate of drug-likeness (QED) is 0.372. The lowest BCUT2D eigenvalue weighted by molar-refractivity contribution is -0.164. The van der Waals surface area contributed by atoms with Crippen molar-refractivity contribution in [2.24, 2.45) is 22.5 Å². The van der Waals surface area contributed by atoms with E-state index in [1.54, 1.807) is 6.07 Å². The molecule has 5 atom stereocenters. The number of hydrogen-bond acceptors (Lipinski definition) is 8. The SMILES string of the molecule is N#CC1(C(N)=O)CC1[C@@]1(C(=O)O)C[C@H](S(=O)(=O)c2ccc(N3CCN(CC(F)(F)F)CC3)cc2C(F)(F)F)C[C@@H]1OC1CCCC1. The van der Waals surface area contributed by atoms with Crippen LogP contribution in [-0.2, 0) is 30.3 Å². The molecule has 0 radical (unpaired) electrons. The van der Waals surface area contributed by atoms with Crippen LogP contribution in [0.5, 0.6) is 0 Å². The molecule has 4 aliphatic rings. The fraction of sp³-hybridized carbons (Fsp3) is 0.690. The molecule has 46 heavy (non-hydrogen) atoms. The predicted molar refractivity (Wildman–Crippen MR) is 149 cm³/mol. The summed E-state index contributed by atoms with van der Waals surface area (Å²) in [5.41, 5.74) is 0.00555. The van der Waals surface area contributed by atoms with E-state index in [1.165, 1.54) is 4.90 Å². The van der Waals surface area contributed by atoms with Gasteiger partial charge in [-0.1, -0.05) is 12.8 Å². The number of piperazine rings is 1. The van der Waals surface area contributed by atoms with E-state index in [2.05, 4.69) is 0 Å². The number of sulfone groups is 1. The number of carbonyl (C=O) groups excluding carboxylic acids is 1. The molecule has 254 valence electrons. The summed E-state index contributed by atoms with van der Waals surface area (Å²) in [5, 5.41) is 18.7. The molecule has 0 aromatic heterocycles. The first-order valence-electron chi connectivity index (χ1n) is 14.9. The van der Waals surface area contributed by atoms with Crippen molar-refractivity contribution in [3.8, 4) is 6.07 Å². The molecule has 3 saturated carbocycles. The van der Waals surface area contributed by atoms with Gasteiger partial charge in [-0.05, 0) is 50.3 Å². The van der Waals surface area contributed by atoms with E-state index in [0.29, 0.717) is 18.9 Å². The number of benzene rings is 1. The zero-order valence-electron chi connectivity index (χ0n) is 24.6. The minimum absolute atomic E-state index is 0.0225. The van der Waals surface area contributed by atoms with Crippen molar-refractivity contribution >= 4 is 27.4 Å². The van der Waals surface area contributed by atoms with Crippen molar-refractivity contribution in [2.75, 3.05) is 37.6 Å². The van der Waals surface area contributed by atoms with E-state index in [0.717, 1.165) is 29.9 Å². The number of anilines is 1. The summed E-state index contributed by atoms with van der Waals surface area (Å²) in [4.78, 5) is 26.7. The number of carboxylic acids is 1. The Kier molecular flexibility index (Phi) is 8.82. The summed E-state index contributed by atoms with van der Waals surface area (Å²) < 4.78 is 116. The Morgan fingerprint density at radius 1 is 1.07 bits per heavy atom. The normalized spacial score (nSPS) is 31.2. The molecule has 10 nitrogen and oxygen atoms in total. The zero-order valence-corrected chi connectivity index (χ0v) is 25.4. The van der Waals surface area contributed by atoms with Gasteiger partial charge >= 0.3 is 18.3 Å². The number of nitrogens with zero attached hydrogens (tertiary/aromatic N) is 3. The smallest absolute Gasteiger partial charge is 0.417 e. The van der Waals surface area contributed by atoms with Gasteiger partial charge < -0.3 is 20.5 Å². The van der Waals surface area contributed by atoms with E-state index in [4.69, 9.17) is 10.5 Å². The maximum Gasteiger partial charge on any atom is 0.417 e. The molecule has 1 aromatic carbocycles. The Labute approximate surface area is 261 Å². The molecule has 0 bridgehead atoms. The zero-order chi connectivity index (χ0) is 33.9. The van der Waals surface area contributed by atoms with Crippen LogP contribution in [0.25, 0.3) is 0 Å². The van der Waals surface area contributed by atoms with Gasteiger partial charge in [0.2, 0.25) is 5.91 Å². The van der Waals surface area contributed by atoms with Crippen molar-refractivity contribution in [1.29, 1.82) is 5.26 Å². The third-order valence-electron chi connectivity index (χ3n) is 10.1. The van der Waals surface area contributed by atoms with Crippen LogP contribution in [0.4, 0.5) is 32.0 Å². The minimum atomic E-state index is -5.16. The number of nitrogens with two attached hydrogens (primary N) is 1. The van der Waals surface area contributed by atoms with Gasteiger partial charge in [-0.2, -0.15) is 31.6 Å². The third kappa shape index (κ3) is 6.15. The summed E-state index contributed by atoms with van der Waals surface area (Å²) in [6, 6.07) is 4.38. The molecule has 17 heteroatoms. The van der Waals surface area contributed by atoms with Crippen LogP contribution in [0.1, 0.15) is 50.5 Å². The molecule has 5 rings (SSSR count). The Morgan fingerprint density at radius 3 is 2.20 bits per heavy atom. The number of hydrogen-bond donors (Lipinski definition) is 2. The standard InChI is InChI=1S/C29H34F6N4O6S/c30-28(31,32)16-38-7-9-39(10-8-38)17-5-6-21(20(11-17)29(33,34)35)46(43,44)19-12-23(45-18-3-1-2-4-18)27(13-19,25(41)42)22-14-26(22,15-36)24(37)40/h5-6,11,18-19,22-23H,1-4,7-10,12-14,16H2,(H2,37,40)(H,41,42)/t19-,22?,23+,26?,27+/m1/s1. The molecular formula is C29H34F6N4O6S. The van der Waals surface area contributed by atoms with E-state index >= 15 is 0 Å². The maximum atomic E-state index is 14.4. The van der Waals surface area contributed by atoms with Gasteiger partial charge in [-0.25, -0.2) is 8.42 Å². The summed E-state index contributed by atoms with van der Waals surface area (Å²) in [7, 11) is -4.88. The highest BCUT2D eigenvalue weighted by Crippen LogP contribution is 2.67. The van der Waals surface area contributed by atoms with Gasteiger partial charge in [0.15, 0.2) is 9.84 Å². The fourth-order valence-corrected chi connectivity index (χ4v) is 9.59. The molecular weight excluding hydrogens is 646 g/mol. The summed E-state index contributed by atoms with van der Waals surface area (Å²) >= 11 is 0. The lowest BCUT2D eigenvalue weighted by Gasteiger charge is -2.36. The number of aliphatic carboxylic acids is 1. The molecule has 2 unspecified atom stereocenters. The Balaban J connectivity index is 1.48. The van der Waals surface area contributed by atoms with Gasteiger partial charge in [-0.15, -0.1) is 0 Å². The highest BCUT2D eigenvalue weighted by atomic mass is 32.2. The second-order valence-corrected chi connectivity index (χ2v) is 14.9. The first kappa shape index (κ1) is 34.2. The van der Waals surface area contributed by atoms with E-state index in [-0.39, 0.29) is 38.3 Å². The average Bonchev–Trinajstić information content (AvgIpc) is 3.28. The molecule has 1 amide bonds. The van der Waals surface area contributed by atoms with Gasteiger partial charge in [-0.3, -0.25) is 14.5 Å². The highest BCUT2D eigenvalue weighted by molar-refractivity contribution is 7.92. The third-order valence-corrected chi connectivity index (χ3v) is 12.3. The largest absolute Gasteiger partial charge is 0.481 e. The van der Waals surface area contributed by atoms with Gasteiger partial charge in [0.05, 0.1) is 40.5 Å². The van der Waals surface area contributed by atoms with Gasteiger partial charge in [0.25, 0.3) is 0 Å². The van der Waals surface area contributed by atoms with Gasteiger partial charge in [0, 0.05) is 37.8 Å². The van der Waals surface area contributed by atoms with Crippen LogP contribution in [0.15, 0.2) is 23.1 Å². The molecule has 3 N–H and O–H groups in total.